The Labute approximate surface area is 172 Å². The van der Waals surface area contributed by atoms with Gasteiger partial charge in [-0.1, -0.05) is 12.8 Å². The number of hydrogen-bond acceptors (Lipinski definition) is 3. The Bertz CT molecular complexity index is 767. The summed E-state index contributed by atoms with van der Waals surface area (Å²) in [5, 5.41) is 0. The third-order valence-electron chi connectivity index (χ3n) is 6.44. The van der Waals surface area contributed by atoms with Crippen LogP contribution in [0.15, 0.2) is 24.3 Å². The van der Waals surface area contributed by atoms with Crippen molar-refractivity contribution in [2.24, 2.45) is 5.92 Å². The van der Waals surface area contributed by atoms with Crippen LogP contribution in [0.1, 0.15) is 54.4 Å². The number of amides is 2. The molecule has 0 unspecified atom stereocenters. The molecule has 0 atom stereocenters. The summed E-state index contributed by atoms with van der Waals surface area (Å²) >= 11 is 1.82. The van der Waals surface area contributed by atoms with Gasteiger partial charge in [-0.3, -0.25) is 9.59 Å². The van der Waals surface area contributed by atoms with E-state index < -0.39 is 11.7 Å². The maximum Gasteiger partial charge on any atom is 0.416 e. The summed E-state index contributed by atoms with van der Waals surface area (Å²) in [5.41, 5.74) is -0.484. The second-order valence-electron chi connectivity index (χ2n) is 8.13. The van der Waals surface area contributed by atoms with Gasteiger partial charge in [0.2, 0.25) is 5.91 Å². The minimum absolute atomic E-state index is 0.150. The van der Waals surface area contributed by atoms with Crippen molar-refractivity contribution in [1.29, 1.82) is 0 Å². The molecule has 2 aliphatic heterocycles. The first-order valence-electron chi connectivity index (χ1n) is 10.2. The van der Waals surface area contributed by atoms with Crippen molar-refractivity contribution in [3.8, 4) is 0 Å². The molecule has 1 spiro atoms. The molecule has 3 aliphatic rings. The highest BCUT2D eigenvalue weighted by Gasteiger charge is 2.48. The fraction of sp³-hybridized carbons (Fsp3) is 0.619. The highest BCUT2D eigenvalue weighted by molar-refractivity contribution is 8.00. The molecule has 1 aliphatic carbocycles. The molecule has 0 bridgehead atoms. The average molecular weight is 427 g/mol. The maximum absolute atomic E-state index is 13.0. The topological polar surface area (TPSA) is 40.6 Å². The number of carbonyl (C=O) groups excluding carboxylic acids is 2. The third kappa shape index (κ3) is 4.00. The van der Waals surface area contributed by atoms with Crippen LogP contribution in [-0.2, 0) is 11.0 Å². The molecule has 8 heteroatoms. The van der Waals surface area contributed by atoms with Crippen LogP contribution in [0, 0.1) is 5.92 Å². The number of likely N-dealkylation sites (tertiary alicyclic amines) is 1. The van der Waals surface area contributed by atoms with E-state index in [1.807, 2.05) is 11.8 Å². The molecule has 0 N–H and O–H groups in total. The van der Waals surface area contributed by atoms with Crippen LogP contribution in [0.2, 0.25) is 0 Å². The second-order valence-corrected chi connectivity index (χ2v) is 9.59. The van der Waals surface area contributed by atoms with Crippen molar-refractivity contribution in [3.63, 3.8) is 0 Å². The summed E-state index contributed by atoms with van der Waals surface area (Å²) in [6.45, 7) is 1.80. The standard InChI is InChI=1S/C21H25F3N2O2S/c22-21(23,24)17-7-5-16(6-8-17)18(27)25-11-9-20(10-12-25)26(13-14-29-20)19(28)15-3-1-2-4-15/h5-8,15H,1-4,9-14H2. The molecule has 158 valence electrons. The molecule has 4 rings (SSSR count). The first-order valence-corrected chi connectivity index (χ1v) is 11.2. The third-order valence-corrected chi connectivity index (χ3v) is 7.99. The summed E-state index contributed by atoms with van der Waals surface area (Å²) in [7, 11) is 0. The zero-order valence-electron chi connectivity index (χ0n) is 16.2. The van der Waals surface area contributed by atoms with Crippen LogP contribution in [0.5, 0.6) is 0 Å². The zero-order chi connectivity index (χ0) is 20.6. The first kappa shape index (κ1) is 20.6. The van der Waals surface area contributed by atoms with Gasteiger partial charge < -0.3 is 9.80 Å². The Morgan fingerprint density at radius 2 is 1.62 bits per heavy atom. The number of halogens is 3. The number of rotatable bonds is 2. The Hall–Kier alpha value is -1.70. The molecular weight excluding hydrogens is 401 g/mol. The molecule has 4 nitrogen and oxygen atoms in total. The molecule has 1 saturated carbocycles. The van der Waals surface area contributed by atoms with Crippen LogP contribution in [0.25, 0.3) is 0 Å². The largest absolute Gasteiger partial charge is 0.416 e. The van der Waals surface area contributed by atoms with E-state index >= 15 is 0 Å². The second kappa shape index (κ2) is 7.85. The van der Waals surface area contributed by atoms with Crippen molar-refractivity contribution in [2.45, 2.75) is 49.6 Å². The smallest absolute Gasteiger partial charge is 0.338 e. The van der Waals surface area contributed by atoms with E-state index in [2.05, 4.69) is 4.90 Å². The van der Waals surface area contributed by atoms with Crippen molar-refractivity contribution in [3.05, 3.63) is 35.4 Å². The van der Waals surface area contributed by atoms with Crippen molar-refractivity contribution in [2.75, 3.05) is 25.4 Å². The normalized spacial score (nSPS) is 22.4. The maximum atomic E-state index is 13.0. The lowest BCUT2D eigenvalue weighted by Gasteiger charge is -2.44. The van der Waals surface area contributed by atoms with E-state index in [4.69, 9.17) is 0 Å². The number of thioether (sulfide) groups is 1. The van der Waals surface area contributed by atoms with Gasteiger partial charge in [0.1, 0.15) is 0 Å². The summed E-state index contributed by atoms with van der Waals surface area (Å²) in [6.07, 6.45) is 1.22. The minimum atomic E-state index is -4.41. The fourth-order valence-electron chi connectivity index (χ4n) is 4.77. The SMILES string of the molecule is O=C(c1ccc(C(F)(F)F)cc1)N1CCC2(CC1)SCCN2C(=O)C1CCCC1. The summed E-state index contributed by atoms with van der Waals surface area (Å²) in [6, 6.07) is 4.40. The molecule has 0 aromatic heterocycles. The average Bonchev–Trinajstić information content (AvgIpc) is 3.38. The summed E-state index contributed by atoms with van der Waals surface area (Å²) in [4.78, 5) is 29.3. The molecule has 2 saturated heterocycles. The molecule has 1 aromatic carbocycles. The molecule has 3 fully saturated rings. The molecule has 29 heavy (non-hydrogen) atoms. The Morgan fingerprint density at radius 1 is 1.00 bits per heavy atom. The number of piperidine rings is 1. The van der Waals surface area contributed by atoms with E-state index in [1.54, 1.807) is 4.90 Å². The highest BCUT2D eigenvalue weighted by atomic mass is 32.2. The van der Waals surface area contributed by atoms with E-state index in [-0.39, 0.29) is 28.2 Å². The molecule has 1 aromatic rings. The minimum Gasteiger partial charge on any atom is -0.338 e. The van der Waals surface area contributed by atoms with Crippen LogP contribution in [0.3, 0.4) is 0 Å². The van der Waals surface area contributed by atoms with Gasteiger partial charge in [0.25, 0.3) is 5.91 Å². The molecule has 2 amide bonds. The molecular formula is C21H25F3N2O2S. The van der Waals surface area contributed by atoms with Gasteiger partial charge in [-0.2, -0.15) is 13.2 Å². The summed E-state index contributed by atoms with van der Waals surface area (Å²) in [5.74, 6) is 1.10. The van der Waals surface area contributed by atoms with Gasteiger partial charge >= 0.3 is 6.18 Å². The quantitative estimate of drug-likeness (QED) is 0.704. The Kier molecular flexibility index (Phi) is 5.57. The van der Waals surface area contributed by atoms with E-state index in [9.17, 15) is 22.8 Å². The lowest BCUT2D eigenvalue weighted by molar-refractivity contribution is -0.139. The van der Waals surface area contributed by atoms with E-state index in [0.29, 0.717) is 25.9 Å². The van der Waals surface area contributed by atoms with Crippen molar-refractivity contribution >= 4 is 23.6 Å². The van der Waals surface area contributed by atoms with Crippen molar-refractivity contribution < 1.29 is 22.8 Å². The van der Waals surface area contributed by atoms with Crippen LogP contribution < -0.4 is 0 Å². The van der Waals surface area contributed by atoms with Gasteiger partial charge in [-0.05, 0) is 49.9 Å². The number of carbonyl (C=O) groups is 2. The van der Waals surface area contributed by atoms with Crippen molar-refractivity contribution in [1.82, 2.24) is 9.80 Å². The molecule has 0 radical (unpaired) electrons. The lowest BCUT2D eigenvalue weighted by Crippen LogP contribution is -2.54. The van der Waals surface area contributed by atoms with E-state index in [0.717, 1.165) is 50.1 Å². The predicted molar refractivity (Wildman–Crippen MR) is 105 cm³/mol. The lowest BCUT2D eigenvalue weighted by atomic mass is 9.98. The number of nitrogens with zero attached hydrogens (tertiary/aromatic N) is 2. The highest BCUT2D eigenvalue weighted by Crippen LogP contribution is 2.45. The van der Waals surface area contributed by atoms with Crippen LogP contribution in [0.4, 0.5) is 13.2 Å². The van der Waals surface area contributed by atoms with Gasteiger partial charge in [0.05, 0.1) is 10.4 Å². The number of hydrogen-bond donors (Lipinski definition) is 0. The Balaban J connectivity index is 1.40. The van der Waals surface area contributed by atoms with Gasteiger partial charge in [-0.15, -0.1) is 11.8 Å². The predicted octanol–water partition coefficient (Wildman–Crippen LogP) is 4.40. The van der Waals surface area contributed by atoms with Crippen LogP contribution >= 0.6 is 11.8 Å². The summed E-state index contributed by atoms with van der Waals surface area (Å²) < 4.78 is 38.2. The first-order chi connectivity index (χ1) is 13.8. The van der Waals surface area contributed by atoms with Crippen LogP contribution in [-0.4, -0.2) is 51.9 Å². The monoisotopic (exact) mass is 426 g/mol. The number of benzene rings is 1. The van der Waals surface area contributed by atoms with Gasteiger partial charge in [0.15, 0.2) is 0 Å². The Morgan fingerprint density at radius 3 is 2.21 bits per heavy atom. The fourth-order valence-corrected chi connectivity index (χ4v) is 6.23. The molecule has 2 heterocycles. The van der Waals surface area contributed by atoms with Gasteiger partial charge in [0, 0.05) is 36.9 Å². The number of alkyl halides is 3. The zero-order valence-corrected chi connectivity index (χ0v) is 17.0. The van der Waals surface area contributed by atoms with Gasteiger partial charge in [-0.25, -0.2) is 0 Å². The van der Waals surface area contributed by atoms with E-state index in [1.165, 1.54) is 12.1 Å².